The number of rotatable bonds is 14. The molecule has 20 heteroatoms. The van der Waals surface area contributed by atoms with Crippen LogP contribution in [0, 0.1) is 92.7 Å². The van der Waals surface area contributed by atoms with Gasteiger partial charge in [0.1, 0.15) is 0 Å². The third kappa shape index (κ3) is 14.0. The molecule has 21 atom stereocenters. The van der Waals surface area contributed by atoms with Gasteiger partial charge >= 0.3 is 88.7 Å². The molecule has 0 heterocycles. The minimum absolute atomic E-state index is 0. The van der Waals surface area contributed by atoms with E-state index in [2.05, 4.69) is 52.2 Å². The van der Waals surface area contributed by atoms with Gasteiger partial charge in [-0.05, 0) is 189 Å². The van der Waals surface area contributed by atoms with E-state index < -0.39 is 50.1 Å². The van der Waals surface area contributed by atoms with Crippen LogP contribution >= 0.6 is 0 Å². The van der Waals surface area contributed by atoms with Gasteiger partial charge < -0.3 is 45.3 Å². The van der Waals surface area contributed by atoms with Crippen molar-refractivity contribution in [2.75, 3.05) is 24.6 Å². The van der Waals surface area contributed by atoms with Crippen molar-refractivity contribution in [3.8, 4) is 0 Å². The van der Waals surface area contributed by atoms with Gasteiger partial charge in [0.2, 0.25) is 11.8 Å². The number of aliphatic hydroxyl groups is 4. The number of nitrogens with one attached hydrogen (secondary N) is 2. The Balaban J connectivity index is 0.000000300. The van der Waals surface area contributed by atoms with Gasteiger partial charge in [0, 0.05) is 25.9 Å². The summed E-state index contributed by atoms with van der Waals surface area (Å²) in [6.45, 7) is 13.4. The first-order valence-electron chi connectivity index (χ1n) is 26.9. The van der Waals surface area contributed by atoms with Crippen LogP contribution in [0.3, 0.4) is 0 Å². The maximum atomic E-state index is 12.2. The zero-order valence-corrected chi connectivity index (χ0v) is 53.0. The molecule has 0 saturated heterocycles. The van der Waals surface area contributed by atoms with Gasteiger partial charge in [-0.15, -0.1) is 6.10 Å². The molecule has 8 aliphatic rings. The van der Waals surface area contributed by atoms with Crippen LogP contribution in [-0.2, 0) is 29.8 Å². The van der Waals surface area contributed by atoms with Crippen molar-refractivity contribution in [3.05, 3.63) is 0 Å². The Morgan fingerprint density at radius 2 is 1.01 bits per heavy atom. The van der Waals surface area contributed by atoms with Crippen molar-refractivity contribution >= 4 is 32.1 Å². The van der Waals surface area contributed by atoms with Crippen molar-refractivity contribution < 1.29 is 150 Å². The summed E-state index contributed by atoms with van der Waals surface area (Å²) in [5.74, 6) is 2.29. The average Bonchev–Trinajstić information content (AvgIpc) is 3.80. The summed E-state index contributed by atoms with van der Waals surface area (Å²) < 4.78 is 64.3. The van der Waals surface area contributed by atoms with E-state index in [4.69, 9.17) is 0 Å². The second-order valence-corrected chi connectivity index (χ2v) is 28.2. The quantitative estimate of drug-likeness (QED) is 0.0708. The summed E-state index contributed by atoms with van der Waals surface area (Å²) in [6.07, 6.45) is 13.7. The Morgan fingerprint density at radius 1 is 0.569 bits per heavy atom. The topological polar surface area (TPSA) is 277 Å². The molecule has 8 fully saturated rings. The molecule has 6 N–H and O–H groups in total. The van der Waals surface area contributed by atoms with Crippen LogP contribution < -0.4 is 104 Å². The summed E-state index contributed by atoms with van der Waals surface area (Å²) in [6, 6.07) is 0. The van der Waals surface area contributed by atoms with E-state index in [1.54, 1.807) is 0 Å². The van der Waals surface area contributed by atoms with Crippen molar-refractivity contribution in [2.24, 2.45) is 92.7 Å². The number of aliphatic hydroxyl groups excluding tert-OH is 4. The van der Waals surface area contributed by atoms with Crippen LogP contribution in [0.1, 0.15) is 164 Å². The average molecular weight is 1080 g/mol. The maximum Gasteiger partial charge on any atom is 1.00 e. The smallest absolute Gasteiger partial charge is 0.852 e. The van der Waals surface area contributed by atoms with Crippen LogP contribution in [0.2, 0.25) is 0 Å². The molecule has 0 aromatic heterocycles. The van der Waals surface area contributed by atoms with Gasteiger partial charge in [-0.3, -0.25) is 9.59 Å². The molecule has 8 rings (SSSR count). The molecule has 0 spiro atoms. The molecule has 8 unspecified atom stereocenters. The Morgan fingerprint density at radius 3 is 1.57 bits per heavy atom. The molecule has 0 aliphatic heterocycles. The van der Waals surface area contributed by atoms with Crippen molar-refractivity contribution in [3.63, 3.8) is 0 Å². The van der Waals surface area contributed by atoms with Crippen LogP contribution in [0.4, 0.5) is 0 Å². The molecular weight excluding hydrogens is 994 g/mol. The first-order chi connectivity index (χ1) is 32.1. The Kier molecular flexibility index (Phi) is 23.9. The number of fused-ring (bicyclic) bond motifs is 10. The van der Waals surface area contributed by atoms with Crippen molar-refractivity contribution in [2.45, 2.75) is 194 Å². The Labute approximate surface area is 498 Å². The third-order valence-electron chi connectivity index (χ3n) is 21.9. The Hall–Kier alpha value is 1.56. The maximum absolute atomic E-state index is 12.2. The molecule has 0 radical (unpaired) electrons. The van der Waals surface area contributed by atoms with Gasteiger partial charge in [0.05, 0.1) is 56.2 Å². The molecule has 72 heavy (non-hydrogen) atoms. The van der Waals surface area contributed by atoms with Gasteiger partial charge in [-0.1, -0.05) is 54.4 Å². The fourth-order valence-corrected chi connectivity index (χ4v) is 18.9. The van der Waals surface area contributed by atoms with Gasteiger partial charge in [-0.25, -0.2) is 16.8 Å². The third-order valence-corrected chi connectivity index (χ3v) is 23.3. The molecule has 15 nitrogen and oxygen atoms in total. The summed E-state index contributed by atoms with van der Waals surface area (Å²) in [7, 11) is -8.66. The zero-order valence-electron chi connectivity index (χ0n) is 45.4. The summed E-state index contributed by atoms with van der Waals surface area (Å²) in [4.78, 5) is 24.4. The molecule has 0 aromatic rings. The van der Waals surface area contributed by atoms with Crippen LogP contribution in [-0.4, -0.2) is 113 Å². The Bertz CT molecular complexity index is 2060. The number of carbonyl (C=O) groups is 2. The van der Waals surface area contributed by atoms with Gasteiger partial charge in [0.15, 0.2) is 0 Å². The van der Waals surface area contributed by atoms with E-state index in [9.17, 15) is 61.1 Å². The van der Waals surface area contributed by atoms with E-state index in [1.165, 1.54) is 6.42 Å². The molecule has 0 aromatic carbocycles. The number of hydrogen-bond acceptors (Lipinski definition) is 13. The second kappa shape index (κ2) is 26.0. The fourth-order valence-electron chi connectivity index (χ4n) is 18.2. The van der Waals surface area contributed by atoms with Crippen LogP contribution in [0.25, 0.3) is 0 Å². The summed E-state index contributed by atoms with van der Waals surface area (Å²) >= 11 is 0. The molecular formula is C52H87N2Na3O13S2. The molecule has 8 aliphatic carbocycles. The molecule has 2 amide bonds. The SMILES string of the molecule is C[C@H](CCC(=O)NCCS(=O)(=O)[O-])[C@H]1CCC2C3C(CC[C@@]21C)[C@@]1(C)CC[C@@H](O)CC1C[C@H]3O.C[C@H](CCC(=O)NCCS(=O)(=O)[O-])[C@H]1CCC2C3C(C[C@H](O)[C@@]21C)[C@@]1(C)CC[C@@H]([O-])CC1C[C@H]3O.[Na+].[Na+].[Na+]. The first kappa shape index (κ1) is 66.1. The van der Waals surface area contributed by atoms with E-state index in [-0.39, 0.29) is 189 Å². The van der Waals surface area contributed by atoms with Crippen LogP contribution in [0.15, 0.2) is 0 Å². The van der Waals surface area contributed by atoms with E-state index in [0.29, 0.717) is 74.0 Å². The van der Waals surface area contributed by atoms with Crippen LogP contribution in [0.5, 0.6) is 0 Å². The first-order valence-corrected chi connectivity index (χ1v) is 30.1. The normalized spacial score (nSPS) is 43.8. The van der Waals surface area contributed by atoms with Gasteiger partial charge in [0.25, 0.3) is 0 Å². The standard InChI is InChI=1S/C26H44NO7S.C26H45NO6S.3Na/c1-15(4-7-23(31)27-10-11-35(32,33)34)18-5-6-19-24-20(14-22(30)26(18,19)3)25(2)9-8-17(28)12-16(25)13-21(24)29;1-16(4-7-23(30)27-12-13-34(31,32)33)19-5-6-20-24-21(9-11-26(19,20)3)25(2)10-8-18(28)14-17(25)15-22(24)29;;;/h15-22,24,29-30H,4-14H2,1-3H3,(H,27,31)(H,32,33,34);16-22,24,28-29H,4-15H2,1-3H3,(H,27,30)(H,31,32,33);;;/q-1;;3*+1/p-2/t15-,16?,17-,18-,19?,20?,21-,22+,24?,25+,26-;16-,17?,18-,19-,20?,21?,22-,24?,25+,26-;;;/m11.../s1. The monoisotopic (exact) mass is 1080 g/mol. The number of carbonyl (C=O) groups excluding carboxylic acids is 2. The van der Waals surface area contributed by atoms with Crippen molar-refractivity contribution in [1.82, 2.24) is 10.6 Å². The molecule has 398 valence electrons. The largest absolute Gasteiger partial charge is 1.00 e. The fraction of sp³-hybridized carbons (Fsp3) is 0.962. The predicted octanol–water partition coefficient (Wildman–Crippen LogP) is -4.54. The summed E-state index contributed by atoms with van der Waals surface area (Å²) in [5.41, 5.74) is 0.0793. The predicted molar refractivity (Wildman–Crippen MR) is 256 cm³/mol. The zero-order chi connectivity index (χ0) is 50.6. The molecule has 8 saturated carbocycles. The number of hydrogen-bond donors (Lipinski definition) is 6. The van der Waals surface area contributed by atoms with E-state index in [0.717, 1.165) is 70.6 Å². The van der Waals surface area contributed by atoms with Crippen molar-refractivity contribution in [1.29, 1.82) is 0 Å². The molecule has 0 bridgehead atoms. The minimum Gasteiger partial charge on any atom is -0.852 e. The van der Waals surface area contributed by atoms with E-state index >= 15 is 0 Å². The second-order valence-electron chi connectivity index (χ2n) is 25.2. The number of amides is 2. The van der Waals surface area contributed by atoms with Gasteiger partial charge in [-0.2, -0.15) is 0 Å². The summed E-state index contributed by atoms with van der Waals surface area (Å²) in [5, 5.41) is 61.8. The van der Waals surface area contributed by atoms with E-state index in [1.807, 2.05) is 0 Å². The minimum atomic E-state index is -4.35.